The van der Waals surface area contributed by atoms with E-state index < -0.39 is 30.3 Å². The summed E-state index contributed by atoms with van der Waals surface area (Å²) in [5.74, 6) is -2.15. The first-order valence-electron chi connectivity index (χ1n) is 7.65. The molecule has 0 spiro atoms. The van der Waals surface area contributed by atoms with E-state index >= 15 is 0 Å². The van der Waals surface area contributed by atoms with Crippen molar-refractivity contribution in [3.8, 4) is 6.07 Å². The van der Waals surface area contributed by atoms with Crippen molar-refractivity contribution in [1.29, 1.82) is 5.26 Å². The molecule has 124 valence electrons. The van der Waals surface area contributed by atoms with Crippen LogP contribution in [0.2, 0.25) is 0 Å². The van der Waals surface area contributed by atoms with Gasteiger partial charge in [0, 0.05) is 12.5 Å². The number of nitriles is 1. The summed E-state index contributed by atoms with van der Waals surface area (Å²) in [4.78, 5) is 13.9. The van der Waals surface area contributed by atoms with Gasteiger partial charge >= 0.3 is 6.18 Å². The molecule has 2 rings (SSSR count). The van der Waals surface area contributed by atoms with Gasteiger partial charge in [-0.2, -0.15) is 18.4 Å². The monoisotopic (exact) mass is 324 g/mol. The average molecular weight is 324 g/mol. The molecule has 1 heterocycles. The second kappa shape index (κ2) is 7.03. The lowest BCUT2D eigenvalue weighted by molar-refractivity contribution is -0.158. The third-order valence-electron chi connectivity index (χ3n) is 4.22. The van der Waals surface area contributed by atoms with Crippen molar-refractivity contribution in [2.45, 2.75) is 44.3 Å². The Kier molecular flexibility index (Phi) is 5.30. The second-order valence-electron chi connectivity index (χ2n) is 5.98. The molecule has 3 nitrogen and oxygen atoms in total. The van der Waals surface area contributed by atoms with Crippen molar-refractivity contribution in [2.24, 2.45) is 5.92 Å². The van der Waals surface area contributed by atoms with Crippen molar-refractivity contribution >= 4 is 5.91 Å². The highest BCUT2D eigenvalue weighted by Gasteiger charge is 2.40. The summed E-state index contributed by atoms with van der Waals surface area (Å²) in [6, 6.07) is 10.9. The van der Waals surface area contributed by atoms with Crippen molar-refractivity contribution in [3.63, 3.8) is 0 Å². The fourth-order valence-corrected chi connectivity index (χ4v) is 3.17. The van der Waals surface area contributed by atoms with Gasteiger partial charge in [-0.3, -0.25) is 4.79 Å². The predicted octanol–water partition coefficient (Wildman–Crippen LogP) is 3.87. The molecule has 0 aromatic heterocycles. The molecule has 1 aliphatic heterocycles. The van der Waals surface area contributed by atoms with Crippen LogP contribution in [0.3, 0.4) is 0 Å². The molecule has 1 saturated heterocycles. The number of alkyl halides is 3. The molecule has 1 aliphatic rings. The lowest BCUT2D eigenvalue weighted by atomic mass is 9.90. The van der Waals surface area contributed by atoms with Crippen LogP contribution in [0.15, 0.2) is 30.3 Å². The van der Waals surface area contributed by atoms with E-state index in [-0.39, 0.29) is 6.04 Å². The van der Waals surface area contributed by atoms with Gasteiger partial charge in [-0.25, -0.2) is 0 Å². The Balaban J connectivity index is 2.16. The first-order chi connectivity index (χ1) is 10.8. The van der Waals surface area contributed by atoms with Crippen LogP contribution in [0.1, 0.15) is 37.7 Å². The zero-order chi connectivity index (χ0) is 17.0. The SMILES string of the molecule is CC(CC(F)(F)F)C(=O)N1CCCC1C(C#N)c1ccccc1. The molecule has 0 bridgehead atoms. The highest BCUT2D eigenvalue weighted by molar-refractivity contribution is 5.79. The Hall–Kier alpha value is -2.03. The maximum Gasteiger partial charge on any atom is 0.389 e. The number of likely N-dealkylation sites (tertiary alicyclic amines) is 1. The van der Waals surface area contributed by atoms with Crippen LogP contribution < -0.4 is 0 Å². The molecule has 23 heavy (non-hydrogen) atoms. The Morgan fingerprint density at radius 1 is 1.39 bits per heavy atom. The van der Waals surface area contributed by atoms with E-state index in [0.717, 1.165) is 5.56 Å². The first kappa shape index (κ1) is 17.3. The Morgan fingerprint density at radius 3 is 2.61 bits per heavy atom. The number of hydrogen-bond acceptors (Lipinski definition) is 2. The zero-order valence-electron chi connectivity index (χ0n) is 12.9. The van der Waals surface area contributed by atoms with Gasteiger partial charge in [0.05, 0.1) is 24.4 Å². The van der Waals surface area contributed by atoms with Gasteiger partial charge in [0.25, 0.3) is 0 Å². The molecular formula is C17H19F3N2O. The molecule has 0 N–H and O–H groups in total. The largest absolute Gasteiger partial charge is 0.389 e. The number of carbonyl (C=O) groups is 1. The van der Waals surface area contributed by atoms with E-state index in [9.17, 15) is 23.2 Å². The summed E-state index contributed by atoms with van der Waals surface area (Å²) < 4.78 is 37.6. The smallest absolute Gasteiger partial charge is 0.338 e. The third-order valence-corrected chi connectivity index (χ3v) is 4.22. The van der Waals surface area contributed by atoms with Crippen LogP contribution in [-0.4, -0.2) is 29.6 Å². The molecular weight excluding hydrogens is 305 g/mol. The summed E-state index contributed by atoms with van der Waals surface area (Å²) in [5, 5.41) is 9.50. The first-order valence-corrected chi connectivity index (χ1v) is 7.65. The van der Waals surface area contributed by atoms with Crippen molar-refractivity contribution in [1.82, 2.24) is 4.90 Å². The number of nitrogens with zero attached hydrogens (tertiary/aromatic N) is 2. The topological polar surface area (TPSA) is 44.1 Å². The molecule has 0 radical (unpaired) electrons. The molecule has 1 aromatic rings. The number of hydrogen-bond donors (Lipinski definition) is 0. The van der Waals surface area contributed by atoms with Gasteiger partial charge in [-0.1, -0.05) is 37.3 Å². The van der Waals surface area contributed by atoms with Gasteiger partial charge in [0.15, 0.2) is 0 Å². The van der Waals surface area contributed by atoms with Gasteiger partial charge in [0.2, 0.25) is 5.91 Å². The maximum absolute atomic E-state index is 12.5. The van der Waals surface area contributed by atoms with E-state index in [2.05, 4.69) is 6.07 Å². The standard InChI is InChI=1S/C17H19F3N2O/c1-12(10-17(18,19)20)16(23)22-9-5-8-15(22)14(11-21)13-6-3-2-4-7-13/h2-4,6-7,12,14-15H,5,8-10H2,1H3. The van der Waals surface area contributed by atoms with Crippen LogP contribution in [0.5, 0.6) is 0 Å². The van der Waals surface area contributed by atoms with Gasteiger partial charge in [-0.05, 0) is 18.4 Å². The van der Waals surface area contributed by atoms with Crippen molar-refractivity contribution in [3.05, 3.63) is 35.9 Å². The Labute approximate surface area is 133 Å². The van der Waals surface area contributed by atoms with Crippen molar-refractivity contribution < 1.29 is 18.0 Å². The van der Waals surface area contributed by atoms with Crippen LogP contribution in [0, 0.1) is 17.2 Å². The second-order valence-corrected chi connectivity index (χ2v) is 5.98. The minimum Gasteiger partial charge on any atom is -0.338 e. The highest BCUT2D eigenvalue weighted by atomic mass is 19.4. The fraction of sp³-hybridized carbons (Fsp3) is 0.529. The normalized spacial score (nSPS) is 20.8. The summed E-state index contributed by atoms with van der Waals surface area (Å²) in [5.41, 5.74) is 0.795. The minimum absolute atomic E-state index is 0.356. The number of rotatable bonds is 4. The van der Waals surface area contributed by atoms with Gasteiger partial charge < -0.3 is 4.90 Å². The number of benzene rings is 1. The predicted molar refractivity (Wildman–Crippen MR) is 79.4 cm³/mol. The van der Waals surface area contributed by atoms with Crippen LogP contribution >= 0.6 is 0 Å². The maximum atomic E-state index is 12.5. The lowest BCUT2D eigenvalue weighted by Gasteiger charge is -2.30. The van der Waals surface area contributed by atoms with Crippen LogP contribution in [0.25, 0.3) is 0 Å². The highest BCUT2D eigenvalue weighted by Crippen LogP contribution is 2.33. The van der Waals surface area contributed by atoms with Gasteiger partial charge in [-0.15, -0.1) is 0 Å². The quantitative estimate of drug-likeness (QED) is 0.844. The number of halogens is 3. The molecule has 1 amide bonds. The molecule has 6 heteroatoms. The average Bonchev–Trinajstić information content (AvgIpc) is 2.96. The molecule has 3 unspecified atom stereocenters. The fourth-order valence-electron chi connectivity index (χ4n) is 3.17. The molecule has 1 aromatic carbocycles. The lowest BCUT2D eigenvalue weighted by Crippen LogP contribution is -2.42. The zero-order valence-corrected chi connectivity index (χ0v) is 12.9. The van der Waals surface area contributed by atoms with E-state index in [1.165, 1.54) is 11.8 Å². The van der Waals surface area contributed by atoms with E-state index in [1.54, 1.807) is 0 Å². The van der Waals surface area contributed by atoms with Crippen molar-refractivity contribution in [2.75, 3.05) is 6.54 Å². The number of amides is 1. The molecule has 3 atom stereocenters. The van der Waals surface area contributed by atoms with Crippen LogP contribution in [0.4, 0.5) is 13.2 Å². The van der Waals surface area contributed by atoms with Gasteiger partial charge in [0.1, 0.15) is 0 Å². The molecule has 0 aliphatic carbocycles. The minimum atomic E-state index is -4.36. The molecule has 1 fully saturated rings. The molecule has 0 saturated carbocycles. The number of carbonyl (C=O) groups excluding carboxylic acids is 1. The summed E-state index contributed by atoms with van der Waals surface area (Å²) in [6.07, 6.45) is -4.15. The Bertz CT molecular complexity index is 580. The van der Waals surface area contributed by atoms with Crippen LogP contribution in [-0.2, 0) is 4.79 Å². The summed E-state index contributed by atoms with van der Waals surface area (Å²) in [7, 11) is 0. The Morgan fingerprint density at radius 2 is 2.04 bits per heavy atom. The van der Waals surface area contributed by atoms with E-state index in [1.807, 2.05) is 30.3 Å². The van der Waals surface area contributed by atoms with E-state index in [0.29, 0.717) is 19.4 Å². The summed E-state index contributed by atoms with van der Waals surface area (Å²) >= 11 is 0. The summed E-state index contributed by atoms with van der Waals surface area (Å²) in [6.45, 7) is 1.71. The third kappa shape index (κ3) is 4.25. The van der Waals surface area contributed by atoms with E-state index in [4.69, 9.17) is 0 Å².